The Kier molecular flexibility index (Phi) is 5.28. The van der Waals surface area contributed by atoms with Crippen LogP contribution < -0.4 is 15.0 Å². The van der Waals surface area contributed by atoms with Crippen molar-refractivity contribution in [3.63, 3.8) is 0 Å². The molecule has 0 saturated carbocycles. The van der Waals surface area contributed by atoms with Gasteiger partial charge in [0.2, 0.25) is 11.8 Å². The fraction of sp³-hybridized carbons (Fsp3) is 0.263. The van der Waals surface area contributed by atoms with Crippen molar-refractivity contribution >= 4 is 35.0 Å². The summed E-state index contributed by atoms with van der Waals surface area (Å²) < 4.78 is 5.16. The average molecular weight is 356 g/mol. The van der Waals surface area contributed by atoms with Gasteiger partial charge in [0.05, 0.1) is 13.0 Å². The van der Waals surface area contributed by atoms with E-state index >= 15 is 0 Å². The zero-order chi connectivity index (χ0) is 17.8. The van der Waals surface area contributed by atoms with Crippen molar-refractivity contribution in [3.05, 3.63) is 48.5 Å². The molecule has 1 saturated heterocycles. The minimum atomic E-state index is -0.362. The monoisotopic (exact) mass is 356 g/mol. The Bertz CT molecular complexity index is 776. The number of thioether (sulfide) groups is 1. The maximum absolute atomic E-state index is 12.5. The summed E-state index contributed by atoms with van der Waals surface area (Å²) in [4.78, 5) is 27.6. The van der Waals surface area contributed by atoms with E-state index in [-0.39, 0.29) is 24.2 Å². The summed E-state index contributed by atoms with van der Waals surface area (Å²) in [6.07, 6.45) is 2.23. The Morgan fingerprint density at radius 2 is 2.00 bits per heavy atom. The smallest absolute Gasteiger partial charge is 0.229 e. The van der Waals surface area contributed by atoms with Crippen molar-refractivity contribution in [1.82, 2.24) is 0 Å². The fourth-order valence-corrected chi connectivity index (χ4v) is 3.25. The minimum absolute atomic E-state index is 0.0253. The molecule has 2 amide bonds. The van der Waals surface area contributed by atoms with E-state index in [1.807, 2.05) is 42.7 Å². The number of rotatable bonds is 5. The van der Waals surface area contributed by atoms with Crippen LogP contribution in [0.5, 0.6) is 5.75 Å². The van der Waals surface area contributed by atoms with Crippen molar-refractivity contribution in [2.24, 2.45) is 5.92 Å². The molecule has 1 atom stereocenters. The van der Waals surface area contributed by atoms with E-state index in [1.54, 1.807) is 35.9 Å². The third-order valence-electron chi connectivity index (χ3n) is 4.22. The van der Waals surface area contributed by atoms with Crippen molar-refractivity contribution in [2.45, 2.75) is 11.3 Å². The van der Waals surface area contributed by atoms with Crippen molar-refractivity contribution in [3.8, 4) is 5.75 Å². The van der Waals surface area contributed by atoms with Crippen LogP contribution in [0.2, 0.25) is 0 Å². The van der Waals surface area contributed by atoms with E-state index in [0.717, 1.165) is 10.6 Å². The largest absolute Gasteiger partial charge is 0.497 e. The second-order valence-corrected chi connectivity index (χ2v) is 6.70. The molecule has 25 heavy (non-hydrogen) atoms. The molecule has 130 valence electrons. The number of nitrogens with zero attached hydrogens (tertiary/aromatic N) is 1. The standard InChI is InChI=1S/C19H20N2O3S/c1-24-16-5-3-4-14(11-16)20-19(23)13-10-18(22)21(12-13)15-6-8-17(25-2)9-7-15/h3-9,11,13H,10,12H2,1-2H3,(H,20,23)/t13-/m0/s1. The molecule has 2 aromatic rings. The number of hydrogen-bond acceptors (Lipinski definition) is 4. The summed E-state index contributed by atoms with van der Waals surface area (Å²) in [6.45, 7) is 0.396. The van der Waals surface area contributed by atoms with Gasteiger partial charge >= 0.3 is 0 Å². The fourth-order valence-electron chi connectivity index (χ4n) is 2.84. The van der Waals surface area contributed by atoms with Gasteiger partial charge in [-0.1, -0.05) is 6.07 Å². The lowest BCUT2D eigenvalue weighted by Crippen LogP contribution is -2.28. The number of hydrogen-bond donors (Lipinski definition) is 1. The number of carbonyl (C=O) groups excluding carboxylic acids is 2. The maximum Gasteiger partial charge on any atom is 0.229 e. The lowest BCUT2D eigenvalue weighted by atomic mass is 10.1. The zero-order valence-electron chi connectivity index (χ0n) is 14.2. The van der Waals surface area contributed by atoms with Crippen LogP contribution in [0, 0.1) is 5.92 Å². The van der Waals surface area contributed by atoms with E-state index in [2.05, 4.69) is 5.32 Å². The topological polar surface area (TPSA) is 58.6 Å². The SMILES string of the molecule is COc1cccc(NC(=O)[C@H]2CC(=O)N(c3ccc(SC)cc3)C2)c1. The Balaban J connectivity index is 1.67. The van der Waals surface area contributed by atoms with Gasteiger partial charge in [0.25, 0.3) is 0 Å². The highest BCUT2D eigenvalue weighted by molar-refractivity contribution is 7.98. The molecule has 2 aromatic carbocycles. The lowest BCUT2D eigenvalue weighted by Gasteiger charge is -2.17. The molecule has 0 aromatic heterocycles. The molecule has 1 N–H and O–H groups in total. The highest BCUT2D eigenvalue weighted by atomic mass is 32.2. The van der Waals surface area contributed by atoms with E-state index in [4.69, 9.17) is 4.74 Å². The van der Waals surface area contributed by atoms with E-state index < -0.39 is 0 Å². The van der Waals surface area contributed by atoms with Crippen LogP contribution >= 0.6 is 11.8 Å². The van der Waals surface area contributed by atoms with Crippen LogP contribution in [0.1, 0.15) is 6.42 Å². The predicted octanol–water partition coefficient (Wildman–Crippen LogP) is 3.41. The molecule has 0 aliphatic carbocycles. The molecule has 1 heterocycles. The van der Waals surface area contributed by atoms with Gasteiger partial charge in [-0.15, -0.1) is 11.8 Å². The normalized spacial score (nSPS) is 16.8. The third kappa shape index (κ3) is 3.96. The molecule has 6 heteroatoms. The summed E-state index contributed by atoms with van der Waals surface area (Å²) in [6, 6.07) is 15.0. The van der Waals surface area contributed by atoms with Crippen LogP contribution in [0.25, 0.3) is 0 Å². The maximum atomic E-state index is 12.5. The number of amides is 2. The zero-order valence-corrected chi connectivity index (χ0v) is 15.0. The molecule has 3 rings (SSSR count). The predicted molar refractivity (Wildman–Crippen MR) is 100 cm³/mol. The first-order valence-corrected chi connectivity index (χ1v) is 9.22. The van der Waals surface area contributed by atoms with Crippen molar-refractivity contribution < 1.29 is 14.3 Å². The first kappa shape index (κ1) is 17.4. The molecule has 0 radical (unpaired) electrons. The molecule has 1 aliphatic rings. The van der Waals surface area contributed by atoms with Gasteiger partial charge in [-0.25, -0.2) is 0 Å². The molecule has 0 spiro atoms. The van der Waals surface area contributed by atoms with Gasteiger partial charge in [0.15, 0.2) is 0 Å². The Morgan fingerprint density at radius 1 is 1.24 bits per heavy atom. The second-order valence-electron chi connectivity index (χ2n) is 5.82. The summed E-state index contributed by atoms with van der Waals surface area (Å²) in [7, 11) is 1.58. The molecule has 5 nitrogen and oxygen atoms in total. The second kappa shape index (κ2) is 7.61. The molecule has 1 fully saturated rings. The van der Waals surface area contributed by atoms with Gasteiger partial charge in [-0.3, -0.25) is 9.59 Å². The highest BCUT2D eigenvalue weighted by Gasteiger charge is 2.35. The minimum Gasteiger partial charge on any atom is -0.497 e. The van der Waals surface area contributed by atoms with Gasteiger partial charge in [0.1, 0.15) is 5.75 Å². The van der Waals surface area contributed by atoms with Gasteiger partial charge < -0.3 is 15.0 Å². The number of benzene rings is 2. The molecular formula is C19H20N2O3S. The quantitative estimate of drug-likeness (QED) is 0.834. The summed E-state index contributed by atoms with van der Waals surface area (Å²) in [5.41, 5.74) is 1.50. The Labute approximate surface area is 151 Å². The summed E-state index contributed by atoms with van der Waals surface area (Å²) >= 11 is 1.65. The molecule has 1 aliphatic heterocycles. The average Bonchev–Trinajstić information content (AvgIpc) is 3.04. The van der Waals surface area contributed by atoms with Gasteiger partial charge in [0, 0.05) is 35.3 Å². The number of nitrogens with one attached hydrogen (secondary N) is 1. The summed E-state index contributed by atoms with van der Waals surface area (Å²) in [5, 5.41) is 2.87. The third-order valence-corrected chi connectivity index (χ3v) is 4.96. The molecule has 0 bridgehead atoms. The van der Waals surface area contributed by atoms with Gasteiger partial charge in [-0.05, 0) is 42.7 Å². The molecular weight excluding hydrogens is 336 g/mol. The van der Waals surface area contributed by atoms with Crippen molar-refractivity contribution in [2.75, 3.05) is 30.1 Å². The number of ether oxygens (including phenoxy) is 1. The molecule has 0 unspecified atom stereocenters. The van der Waals surface area contributed by atoms with Crippen LogP contribution in [-0.2, 0) is 9.59 Å². The first-order chi connectivity index (χ1) is 12.1. The van der Waals surface area contributed by atoms with E-state index in [9.17, 15) is 9.59 Å². The van der Waals surface area contributed by atoms with E-state index in [0.29, 0.717) is 18.0 Å². The van der Waals surface area contributed by atoms with Crippen LogP contribution in [0.3, 0.4) is 0 Å². The van der Waals surface area contributed by atoms with E-state index in [1.165, 1.54) is 0 Å². The van der Waals surface area contributed by atoms with Crippen LogP contribution in [0.4, 0.5) is 11.4 Å². The van der Waals surface area contributed by atoms with Crippen LogP contribution in [-0.4, -0.2) is 31.7 Å². The first-order valence-electron chi connectivity index (χ1n) is 8.00. The summed E-state index contributed by atoms with van der Waals surface area (Å²) in [5.74, 6) is 0.141. The Hall–Kier alpha value is -2.47. The number of carbonyl (C=O) groups is 2. The highest BCUT2D eigenvalue weighted by Crippen LogP contribution is 2.28. The number of methoxy groups -OCH3 is 1. The Morgan fingerprint density at radius 3 is 2.68 bits per heavy atom. The lowest BCUT2D eigenvalue weighted by molar-refractivity contribution is -0.122. The number of anilines is 2. The van der Waals surface area contributed by atoms with Gasteiger partial charge in [-0.2, -0.15) is 0 Å². The van der Waals surface area contributed by atoms with Crippen LogP contribution in [0.15, 0.2) is 53.4 Å². The van der Waals surface area contributed by atoms with Crippen molar-refractivity contribution in [1.29, 1.82) is 0 Å².